The highest BCUT2D eigenvalue weighted by Crippen LogP contribution is 2.32. The predicted molar refractivity (Wildman–Crippen MR) is 58.4 cm³/mol. The minimum atomic E-state index is -4.45. The van der Waals surface area contributed by atoms with Crippen molar-refractivity contribution in [1.29, 1.82) is 0 Å². The monoisotopic (exact) mass is 271 g/mol. The minimum Gasteiger partial charge on any atom is -0.451 e. The molecule has 1 aromatic heterocycles. The van der Waals surface area contributed by atoms with Gasteiger partial charge in [-0.2, -0.15) is 13.2 Å². The van der Waals surface area contributed by atoms with E-state index in [2.05, 4.69) is 0 Å². The molecule has 0 spiro atoms. The van der Waals surface area contributed by atoms with E-state index in [4.69, 9.17) is 9.62 Å². The average Bonchev–Trinajstić information content (AvgIpc) is 2.86. The largest absolute Gasteiger partial charge is 0.451 e. The number of amides is 1. The maximum absolute atomic E-state index is 12.5. The second-order valence-electron chi connectivity index (χ2n) is 3.68. The third-order valence-electron chi connectivity index (χ3n) is 2.41. The number of carbonyl (C=O) groups is 1. The van der Waals surface area contributed by atoms with Gasteiger partial charge in [0.25, 0.3) is 0 Å². The van der Waals surface area contributed by atoms with Gasteiger partial charge in [0, 0.05) is 5.56 Å². The smallest absolute Gasteiger partial charge is 0.416 e. The Labute approximate surface area is 105 Å². The molecule has 0 bridgehead atoms. The lowest BCUT2D eigenvalue weighted by atomic mass is 10.1. The van der Waals surface area contributed by atoms with E-state index in [-0.39, 0.29) is 17.1 Å². The predicted octanol–water partition coefficient (Wildman–Crippen LogP) is 3.08. The fraction of sp³-hybridized carbons (Fsp3) is 0.0833. The molecule has 0 fully saturated rings. The van der Waals surface area contributed by atoms with Crippen LogP contribution in [0.1, 0.15) is 16.1 Å². The fourth-order valence-corrected chi connectivity index (χ4v) is 1.52. The molecule has 0 aliphatic rings. The number of hydroxylamine groups is 1. The van der Waals surface area contributed by atoms with Crippen LogP contribution in [0, 0.1) is 0 Å². The molecule has 100 valence electrons. The second-order valence-corrected chi connectivity index (χ2v) is 3.68. The summed E-state index contributed by atoms with van der Waals surface area (Å²) in [5.41, 5.74) is 0.745. The van der Waals surface area contributed by atoms with Crippen molar-refractivity contribution in [2.24, 2.45) is 0 Å². The average molecular weight is 271 g/mol. The van der Waals surface area contributed by atoms with Crippen molar-refractivity contribution in [3.05, 3.63) is 47.7 Å². The summed E-state index contributed by atoms with van der Waals surface area (Å²) in [5.74, 6) is -0.974. The molecule has 2 N–H and O–H groups in total. The molecule has 1 heterocycles. The lowest BCUT2D eigenvalue weighted by Gasteiger charge is -2.07. The van der Waals surface area contributed by atoms with Crippen LogP contribution in [-0.4, -0.2) is 11.1 Å². The van der Waals surface area contributed by atoms with Crippen molar-refractivity contribution in [3.63, 3.8) is 0 Å². The molecular formula is C12H8F3NO3. The number of rotatable bonds is 2. The van der Waals surface area contributed by atoms with Gasteiger partial charge in [-0.3, -0.25) is 10.0 Å². The summed E-state index contributed by atoms with van der Waals surface area (Å²) < 4.78 is 42.7. The molecule has 4 nitrogen and oxygen atoms in total. The number of hydrogen-bond donors (Lipinski definition) is 2. The van der Waals surface area contributed by atoms with E-state index in [9.17, 15) is 18.0 Å². The number of benzene rings is 1. The Hall–Kier alpha value is -2.28. The highest BCUT2D eigenvalue weighted by Gasteiger charge is 2.30. The molecule has 0 unspecified atom stereocenters. The summed E-state index contributed by atoms with van der Waals surface area (Å²) in [6.45, 7) is 0. The molecule has 0 saturated carbocycles. The normalized spacial score (nSPS) is 11.4. The van der Waals surface area contributed by atoms with Gasteiger partial charge in [-0.15, -0.1) is 0 Å². The van der Waals surface area contributed by atoms with Crippen molar-refractivity contribution in [2.75, 3.05) is 0 Å². The Morgan fingerprint density at radius 1 is 1.21 bits per heavy atom. The molecule has 0 saturated heterocycles. The summed E-state index contributed by atoms with van der Waals surface area (Å²) in [7, 11) is 0. The Balaban J connectivity index is 2.37. The first kappa shape index (κ1) is 13.2. The van der Waals surface area contributed by atoms with E-state index in [1.807, 2.05) is 0 Å². The van der Waals surface area contributed by atoms with E-state index < -0.39 is 17.6 Å². The Morgan fingerprint density at radius 2 is 1.95 bits per heavy atom. The maximum atomic E-state index is 12.5. The minimum absolute atomic E-state index is 0.102. The standard InChI is InChI=1S/C12H8F3NO3/c13-12(14,15)8-3-1-2-7(6-8)9-4-5-10(19-9)11(17)16-18/h1-6,18H,(H,16,17). The summed E-state index contributed by atoms with van der Waals surface area (Å²) in [6, 6.07) is 7.12. The number of nitrogens with one attached hydrogen (secondary N) is 1. The first-order chi connectivity index (χ1) is 8.91. The van der Waals surface area contributed by atoms with Gasteiger partial charge < -0.3 is 4.42 Å². The Bertz CT molecular complexity index is 604. The molecule has 1 amide bonds. The molecule has 0 atom stereocenters. The topological polar surface area (TPSA) is 62.5 Å². The van der Waals surface area contributed by atoms with Crippen LogP contribution >= 0.6 is 0 Å². The van der Waals surface area contributed by atoms with Gasteiger partial charge in [-0.25, -0.2) is 5.48 Å². The van der Waals surface area contributed by atoms with Crippen molar-refractivity contribution in [3.8, 4) is 11.3 Å². The molecule has 2 rings (SSSR count). The van der Waals surface area contributed by atoms with Crippen molar-refractivity contribution in [2.45, 2.75) is 6.18 Å². The van der Waals surface area contributed by atoms with E-state index in [1.54, 1.807) is 0 Å². The van der Waals surface area contributed by atoms with Gasteiger partial charge in [0.2, 0.25) is 0 Å². The zero-order valence-electron chi connectivity index (χ0n) is 9.36. The number of furan rings is 1. The van der Waals surface area contributed by atoms with Crippen molar-refractivity contribution >= 4 is 5.91 Å². The molecule has 7 heteroatoms. The quantitative estimate of drug-likeness (QED) is 0.651. The van der Waals surface area contributed by atoms with Gasteiger partial charge in [0.15, 0.2) is 5.76 Å². The van der Waals surface area contributed by atoms with Gasteiger partial charge in [-0.1, -0.05) is 12.1 Å². The zero-order chi connectivity index (χ0) is 14.0. The third-order valence-corrected chi connectivity index (χ3v) is 2.41. The highest BCUT2D eigenvalue weighted by atomic mass is 19.4. The molecule has 19 heavy (non-hydrogen) atoms. The third kappa shape index (κ3) is 2.76. The van der Waals surface area contributed by atoms with Crippen LogP contribution in [0.3, 0.4) is 0 Å². The molecule has 0 radical (unpaired) electrons. The Morgan fingerprint density at radius 3 is 2.58 bits per heavy atom. The first-order valence-electron chi connectivity index (χ1n) is 5.13. The van der Waals surface area contributed by atoms with Crippen LogP contribution in [0.5, 0.6) is 0 Å². The number of halogens is 3. The van der Waals surface area contributed by atoms with E-state index >= 15 is 0 Å². The van der Waals surface area contributed by atoms with E-state index in [1.165, 1.54) is 29.7 Å². The molecule has 0 aliphatic heterocycles. The first-order valence-corrected chi connectivity index (χ1v) is 5.13. The maximum Gasteiger partial charge on any atom is 0.416 e. The summed E-state index contributed by atoms with van der Waals surface area (Å²) in [4.78, 5) is 11.0. The second kappa shape index (κ2) is 4.77. The highest BCUT2D eigenvalue weighted by molar-refractivity contribution is 5.91. The Kier molecular flexibility index (Phi) is 3.30. The van der Waals surface area contributed by atoms with Crippen molar-refractivity contribution < 1.29 is 27.6 Å². The summed E-state index contributed by atoms with van der Waals surface area (Å²) in [5, 5.41) is 8.41. The number of hydrogen-bond acceptors (Lipinski definition) is 3. The molecule has 1 aromatic carbocycles. The van der Waals surface area contributed by atoms with E-state index in [0.29, 0.717) is 0 Å². The van der Waals surface area contributed by atoms with Crippen LogP contribution in [0.4, 0.5) is 13.2 Å². The molecule has 2 aromatic rings. The van der Waals surface area contributed by atoms with Gasteiger partial charge >= 0.3 is 12.1 Å². The van der Waals surface area contributed by atoms with Crippen molar-refractivity contribution in [1.82, 2.24) is 5.48 Å². The summed E-state index contributed by atoms with van der Waals surface area (Å²) in [6.07, 6.45) is -4.45. The van der Waals surface area contributed by atoms with Crippen LogP contribution in [-0.2, 0) is 6.18 Å². The van der Waals surface area contributed by atoms with Crippen LogP contribution < -0.4 is 5.48 Å². The SMILES string of the molecule is O=C(NO)c1ccc(-c2cccc(C(F)(F)F)c2)o1. The lowest BCUT2D eigenvalue weighted by molar-refractivity contribution is -0.137. The lowest BCUT2D eigenvalue weighted by Crippen LogP contribution is -2.17. The van der Waals surface area contributed by atoms with Crippen LogP contribution in [0.25, 0.3) is 11.3 Å². The number of alkyl halides is 3. The zero-order valence-corrected chi connectivity index (χ0v) is 9.36. The molecule has 0 aliphatic carbocycles. The summed E-state index contributed by atoms with van der Waals surface area (Å²) >= 11 is 0. The van der Waals surface area contributed by atoms with Crippen LogP contribution in [0.15, 0.2) is 40.8 Å². The van der Waals surface area contributed by atoms with Gasteiger partial charge in [0.1, 0.15) is 5.76 Å². The van der Waals surface area contributed by atoms with Crippen LogP contribution in [0.2, 0.25) is 0 Å². The van der Waals surface area contributed by atoms with E-state index in [0.717, 1.165) is 12.1 Å². The van der Waals surface area contributed by atoms with Gasteiger partial charge in [-0.05, 0) is 24.3 Å². The number of carbonyl (C=O) groups excluding carboxylic acids is 1. The van der Waals surface area contributed by atoms with Gasteiger partial charge in [0.05, 0.1) is 5.56 Å². The fourth-order valence-electron chi connectivity index (χ4n) is 1.52. The molecular weight excluding hydrogens is 263 g/mol.